The number of hydrogen-bond donors (Lipinski definition) is 2. The van der Waals surface area contributed by atoms with Gasteiger partial charge in [0, 0.05) is 11.1 Å². The average Bonchev–Trinajstić information content (AvgIpc) is 2.94. The summed E-state index contributed by atoms with van der Waals surface area (Å²) in [5.74, 6) is -2.47. The lowest BCUT2D eigenvalue weighted by Gasteiger charge is -2.31. The Morgan fingerprint density at radius 2 is 2.22 bits per heavy atom. The van der Waals surface area contributed by atoms with Crippen LogP contribution >= 0.6 is 0 Å². The zero-order valence-corrected chi connectivity index (χ0v) is 15.6. The number of aliphatic hydroxyl groups excluding tert-OH is 2. The summed E-state index contributed by atoms with van der Waals surface area (Å²) in [5.41, 5.74) is 0.736. The summed E-state index contributed by atoms with van der Waals surface area (Å²) < 4.78 is 10.9. The van der Waals surface area contributed by atoms with E-state index in [9.17, 15) is 24.6 Å². The molecular formula is C20H26O7. The van der Waals surface area contributed by atoms with E-state index in [4.69, 9.17) is 9.47 Å². The van der Waals surface area contributed by atoms with Crippen molar-refractivity contribution < 1.29 is 34.1 Å². The second kappa shape index (κ2) is 9.10. The Bertz CT molecular complexity index is 676. The van der Waals surface area contributed by atoms with Gasteiger partial charge in [-0.1, -0.05) is 26.5 Å². The van der Waals surface area contributed by atoms with Crippen LogP contribution in [0.4, 0.5) is 0 Å². The Kier molecular flexibility index (Phi) is 7.10. The van der Waals surface area contributed by atoms with E-state index in [2.05, 4.69) is 6.58 Å². The lowest BCUT2D eigenvalue weighted by atomic mass is 9.83. The van der Waals surface area contributed by atoms with Gasteiger partial charge in [0.2, 0.25) is 0 Å². The number of rotatable bonds is 5. The van der Waals surface area contributed by atoms with E-state index in [1.807, 2.05) is 6.92 Å². The predicted molar refractivity (Wildman–Crippen MR) is 96.4 cm³/mol. The van der Waals surface area contributed by atoms with Crippen LogP contribution in [0.3, 0.4) is 0 Å². The number of carbonyl (C=O) groups excluding carboxylic acids is 3. The predicted octanol–water partition coefficient (Wildman–Crippen LogP) is 1.24. The molecule has 1 aliphatic heterocycles. The van der Waals surface area contributed by atoms with E-state index in [0.29, 0.717) is 31.1 Å². The Hall–Kier alpha value is -2.25. The van der Waals surface area contributed by atoms with E-state index in [-0.39, 0.29) is 17.8 Å². The van der Waals surface area contributed by atoms with Gasteiger partial charge in [0.25, 0.3) is 0 Å². The van der Waals surface area contributed by atoms with Crippen LogP contribution in [0, 0.1) is 11.8 Å². The molecule has 1 fully saturated rings. The molecule has 1 saturated heterocycles. The minimum Gasteiger partial charge on any atom is -0.458 e. The molecule has 27 heavy (non-hydrogen) atoms. The highest BCUT2D eigenvalue weighted by atomic mass is 16.6. The van der Waals surface area contributed by atoms with Gasteiger partial charge in [-0.25, -0.2) is 4.79 Å². The molecule has 7 heteroatoms. The smallest absolute Gasteiger partial charge is 0.334 e. The van der Waals surface area contributed by atoms with Crippen molar-refractivity contribution in [3.05, 3.63) is 35.5 Å². The minimum absolute atomic E-state index is 0.0559. The third kappa shape index (κ3) is 4.54. The van der Waals surface area contributed by atoms with Crippen molar-refractivity contribution >= 4 is 18.2 Å². The largest absolute Gasteiger partial charge is 0.458 e. The third-order valence-electron chi connectivity index (χ3n) is 5.12. The Balaban J connectivity index is 2.50. The highest BCUT2D eigenvalue weighted by Crippen LogP contribution is 2.36. The second-order valence-electron chi connectivity index (χ2n) is 6.92. The van der Waals surface area contributed by atoms with E-state index < -0.39 is 42.1 Å². The number of carbonyl (C=O) groups is 3. The number of fused-ring (bicyclic) bond motifs is 1. The first kappa shape index (κ1) is 21.1. The molecule has 0 radical (unpaired) electrons. The molecule has 0 aromatic heterocycles. The number of ether oxygens (including phenoxy) is 2. The van der Waals surface area contributed by atoms with Crippen molar-refractivity contribution in [3.63, 3.8) is 0 Å². The summed E-state index contributed by atoms with van der Waals surface area (Å²) in [4.78, 5) is 36.0. The molecule has 0 spiro atoms. The maximum absolute atomic E-state index is 12.4. The van der Waals surface area contributed by atoms with Crippen molar-refractivity contribution in [3.8, 4) is 0 Å². The fourth-order valence-electron chi connectivity index (χ4n) is 3.18. The lowest BCUT2D eigenvalue weighted by Crippen LogP contribution is -2.43. The molecule has 0 unspecified atom stereocenters. The summed E-state index contributed by atoms with van der Waals surface area (Å²) in [6.45, 7) is 7.01. The van der Waals surface area contributed by atoms with Crippen LogP contribution in [0.1, 0.15) is 33.1 Å². The first-order valence-electron chi connectivity index (χ1n) is 9.08. The third-order valence-corrected chi connectivity index (χ3v) is 5.12. The number of allylic oxidation sites excluding steroid dienone is 1. The molecule has 2 rings (SSSR count). The van der Waals surface area contributed by atoms with Gasteiger partial charge >= 0.3 is 11.9 Å². The normalized spacial score (nSPS) is 33.6. The Labute approximate surface area is 158 Å². The number of esters is 2. The molecule has 0 bridgehead atoms. The lowest BCUT2D eigenvalue weighted by molar-refractivity contribution is -0.162. The zero-order chi connectivity index (χ0) is 20.1. The molecule has 0 aromatic carbocycles. The standard InChI is InChI=1S/C20H26O7/c1-4-11(2)19(24)27-18-16-12(3)20(25)26-15(16)8-13(9-21)6-5-7-14(10-22)17(18)23/h7-8,10-11,15-18,21,23H,3-6,9H2,1-2H3/b13-8+,14-7-/t11-,15-,16-,17+,18-/m1/s1. The average molecular weight is 378 g/mol. The van der Waals surface area contributed by atoms with Crippen molar-refractivity contribution in [1.29, 1.82) is 0 Å². The van der Waals surface area contributed by atoms with Gasteiger partial charge in [-0.3, -0.25) is 9.59 Å². The topological polar surface area (TPSA) is 110 Å². The molecule has 2 N–H and O–H groups in total. The Morgan fingerprint density at radius 3 is 2.81 bits per heavy atom. The van der Waals surface area contributed by atoms with Crippen molar-refractivity contribution in [2.75, 3.05) is 6.61 Å². The zero-order valence-electron chi connectivity index (χ0n) is 15.6. The molecular weight excluding hydrogens is 352 g/mol. The number of aliphatic hydroxyl groups is 2. The summed E-state index contributed by atoms with van der Waals surface area (Å²) in [7, 11) is 0. The van der Waals surface area contributed by atoms with Crippen LogP contribution in [0.5, 0.6) is 0 Å². The van der Waals surface area contributed by atoms with Crippen molar-refractivity contribution in [1.82, 2.24) is 0 Å². The fourth-order valence-corrected chi connectivity index (χ4v) is 3.18. The van der Waals surface area contributed by atoms with Crippen LogP contribution in [-0.4, -0.2) is 53.4 Å². The van der Waals surface area contributed by atoms with E-state index in [1.165, 1.54) is 0 Å². The van der Waals surface area contributed by atoms with Gasteiger partial charge in [0.15, 0.2) is 0 Å². The van der Waals surface area contributed by atoms with E-state index in [1.54, 1.807) is 19.1 Å². The second-order valence-corrected chi connectivity index (χ2v) is 6.92. The van der Waals surface area contributed by atoms with Crippen LogP contribution in [-0.2, 0) is 23.9 Å². The minimum atomic E-state index is -1.42. The van der Waals surface area contributed by atoms with E-state index in [0.717, 1.165) is 0 Å². The highest BCUT2D eigenvalue weighted by Gasteiger charge is 2.48. The molecule has 148 valence electrons. The molecule has 1 heterocycles. The quantitative estimate of drug-likeness (QED) is 0.320. The Morgan fingerprint density at radius 1 is 1.52 bits per heavy atom. The first-order valence-corrected chi connectivity index (χ1v) is 9.08. The van der Waals surface area contributed by atoms with Gasteiger partial charge < -0.3 is 19.7 Å². The molecule has 2 aliphatic rings. The van der Waals surface area contributed by atoms with Gasteiger partial charge in [-0.2, -0.15) is 0 Å². The van der Waals surface area contributed by atoms with Gasteiger partial charge in [-0.05, 0) is 30.9 Å². The highest BCUT2D eigenvalue weighted by molar-refractivity contribution is 5.91. The fraction of sp³-hybridized carbons (Fsp3) is 0.550. The summed E-state index contributed by atoms with van der Waals surface area (Å²) in [6.07, 6.45) is 1.57. The number of aldehydes is 1. The summed E-state index contributed by atoms with van der Waals surface area (Å²) >= 11 is 0. The molecule has 1 aliphatic carbocycles. The summed E-state index contributed by atoms with van der Waals surface area (Å²) in [6, 6.07) is 0. The molecule has 5 atom stereocenters. The van der Waals surface area contributed by atoms with Crippen LogP contribution in [0.15, 0.2) is 35.5 Å². The molecule has 0 aromatic rings. The van der Waals surface area contributed by atoms with Crippen LogP contribution < -0.4 is 0 Å². The maximum atomic E-state index is 12.4. The van der Waals surface area contributed by atoms with Gasteiger partial charge in [0.05, 0.1) is 18.4 Å². The van der Waals surface area contributed by atoms with Gasteiger partial charge in [-0.15, -0.1) is 0 Å². The van der Waals surface area contributed by atoms with Crippen LogP contribution in [0.2, 0.25) is 0 Å². The molecule has 7 nitrogen and oxygen atoms in total. The van der Waals surface area contributed by atoms with Crippen molar-refractivity contribution in [2.45, 2.75) is 51.4 Å². The van der Waals surface area contributed by atoms with E-state index >= 15 is 0 Å². The summed E-state index contributed by atoms with van der Waals surface area (Å²) in [5, 5.41) is 20.3. The SMILES string of the molecule is C=C1C(=O)O[C@@H]2/C=C(/CO)CC/C=C(/C=O)[C@H](O)[C@H](OC(=O)[C@H](C)CC)[C@H]12. The van der Waals surface area contributed by atoms with Crippen molar-refractivity contribution in [2.24, 2.45) is 11.8 Å². The molecule has 0 saturated carbocycles. The first-order chi connectivity index (χ1) is 12.8. The monoisotopic (exact) mass is 378 g/mol. The number of hydrogen-bond acceptors (Lipinski definition) is 7. The maximum Gasteiger partial charge on any atom is 0.334 e. The van der Waals surface area contributed by atoms with Crippen LogP contribution in [0.25, 0.3) is 0 Å². The van der Waals surface area contributed by atoms with Gasteiger partial charge in [0.1, 0.15) is 24.6 Å². The molecule has 0 amide bonds.